The molecule has 0 saturated heterocycles. The molecule has 7 heteroatoms. The standard InChI is InChI=1S/C34H34ClN3O3/c1-22-25(11-8-12-29(22)24-9-4-3-5-10-24)21-41-33-17-30-26-15-28(19-36-18-26)34(40)37-14-7-6-13-32(23(2)39)38-20-27(30)16-31(33)35/h3-5,8-12,15-19,32,38-39H,2,6-7,13-14,20-21H2,1H3,(H,37,40)/t32-/m0/s1. The van der Waals surface area contributed by atoms with Crippen molar-refractivity contribution in [3.63, 3.8) is 0 Å². The van der Waals surface area contributed by atoms with Gasteiger partial charge < -0.3 is 20.5 Å². The summed E-state index contributed by atoms with van der Waals surface area (Å²) in [6.45, 7) is 7.18. The number of ether oxygens (including phenoxy) is 1. The first-order valence-corrected chi connectivity index (χ1v) is 14.2. The van der Waals surface area contributed by atoms with Crippen LogP contribution in [-0.2, 0) is 13.2 Å². The summed E-state index contributed by atoms with van der Waals surface area (Å²) >= 11 is 6.77. The Bertz CT molecular complexity index is 1550. The van der Waals surface area contributed by atoms with Gasteiger partial charge in [-0.15, -0.1) is 0 Å². The molecule has 5 rings (SSSR count). The van der Waals surface area contributed by atoms with E-state index in [1.807, 2.05) is 42.5 Å². The van der Waals surface area contributed by atoms with Crippen LogP contribution >= 0.6 is 11.6 Å². The second-order valence-electron chi connectivity index (χ2n) is 10.3. The van der Waals surface area contributed by atoms with Gasteiger partial charge in [-0.3, -0.25) is 9.78 Å². The maximum atomic E-state index is 12.8. The zero-order valence-corrected chi connectivity index (χ0v) is 23.9. The van der Waals surface area contributed by atoms with Crippen molar-refractivity contribution < 1.29 is 14.6 Å². The molecule has 1 aliphatic heterocycles. The molecule has 6 nitrogen and oxygen atoms in total. The highest BCUT2D eigenvalue weighted by Crippen LogP contribution is 2.36. The van der Waals surface area contributed by atoms with Gasteiger partial charge in [-0.25, -0.2) is 0 Å². The maximum absolute atomic E-state index is 12.8. The molecular weight excluding hydrogens is 534 g/mol. The first-order chi connectivity index (χ1) is 19.9. The summed E-state index contributed by atoms with van der Waals surface area (Å²) < 4.78 is 6.32. The van der Waals surface area contributed by atoms with Gasteiger partial charge in [0, 0.05) is 31.0 Å². The number of halogens is 1. The van der Waals surface area contributed by atoms with E-state index in [1.165, 1.54) is 0 Å². The van der Waals surface area contributed by atoms with Crippen LogP contribution < -0.4 is 15.4 Å². The van der Waals surface area contributed by atoms with E-state index in [1.54, 1.807) is 12.4 Å². The Balaban J connectivity index is 1.48. The third-order valence-corrected chi connectivity index (χ3v) is 7.82. The zero-order chi connectivity index (χ0) is 28.8. The van der Waals surface area contributed by atoms with E-state index in [-0.39, 0.29) is 17.7 Å². The highest BCUT2D eigenvalue weighted by molar-refractivity contribution is 6.32. The maximum Gasteiger partial charge on any atom is 0.252 e. The molecule has 2 heterocycles. The van der Waals surface area contributed by atoms with Gasteiger partial charge in [-0.1, -0.05) is 66.7 Å². The molecule has 41 heavy (non-hydrogen) atoms. The van der Waals surface area contributed by atoms with Gasteiger partial charge in [-0.2, -0.15) is 0 Å². The second kappa shape index (κ2) is 13.0. The molecule has 1 aliphatic rings. The van der Waals surface area contributed by atoms with Gasteiger partial charge in [0.25, 0.3) is 5.91 Å². The van der Waals surface area contributed by atoms with E-state index < -0.39 is 0 Å². The number of hydrogen-bond acceptors (Lipinski definition) is 5. The fraction of sp³-hybridized carbons (Fsp3) is 0.235. The molecule has 0 fully saturated rings. The van der Waals surface area contributed by atoms with Gasteiger partial charge in [-0.05, 0) is 77.8 Å². The molecule has 4 aromatic rings. The lowest BCUT2D eigenvalue weighted by molar-refractivity contribution is 0.0952. The van der Waals surface area contributed by atoms with Crippen LogP contribution in [0.25, 0.3) is 22.3 Å². The lowest BCUT2D eigenvalue weighted by atomic mass is 9.97. The van der Waals surface area contributed by atoms with Crippen LogP contribution in [0.2, 0.25) is 5.02 Å². The van der Waals surface area contributed by atoms with Crippen molar-refractivity contribution in [3.05, 3.63) is 119 Å². The number of pyridine rings is 1. The molecule has 0 aliphatic carbocycles. The van der Waals surface area contributed by atoms with Crippen molar-refractivity contribution >= 4 is 17.5 Å². The van der Waals surface area contributed by atoms with Crippen molar-refractivity contribution in [2.45, 2.75) is 45.4 Å². The zero-order valence-electron chi connectivity index (χ0n) is 23.1. The molecule has 2 bridgehead atoms. The van der Waals surface area contributed by atoms with Crippen molar-refractivity contribution in [2.24, 2.45) is 0 Å². The molecule has 0 unspecified atom stereocenters. The summed E-state index contributed by atoms with van der Waals surface area (Å²) in [4.78, 5) is 17.2. The second-order valence-corrected chi connectivity index (χ2v) is 10.7. The van der Waals surface area contributed by atoms with Gasteiger partial charge in [0.05, 0.1) is 16.6 Å². The minimum atomic E-state index is -0.277. The highest BCUT2D eigenvalue weighted by atomic mass is 35.5. The largest absolute Gasteiger partial charge is 0.511 e. The molecule has 0 spiro atoms. The minimum Gasteiger partial charge on any atom is -0.511 e. The SMILES string of the molecule is C=C(O)[C@@H]1CCCCNC(=O)c2cncc(c2)-c2cc(OCc3cccc(-c4ccccc4)c3C)c(Cl)cc2CN1. The number of carbonyl (C=O) groups excluding carboxylic acids is 1. The minimum absolute atomic E-state index is 0.0884. The number of nitrogens with zero attached hydrogens (tertiary/aromatic N) is 1. The fourth-order valence-electron chi connectivity index (χ4n) is 5.15. The smallest absolute Gasteiger partial charge is 0.252 e. The Kier molecular flexibility index (Phi) is 9.02. The number of hydrogen-bond donors (Lipinski definition) is 3. The first kappa shape index (κ1) is 28.4. The fourth-order valence-corrected chi connectivity index (χ4v) is 5.40. The van der Waals surface area contributed by atoms with Crippen LogP contribution in [0, 0.1) is 6.92 Å². The molecule has 1 atom stereocenters. The predicted octanol–water partition coefficient (Wildman–Crippen LogP) is 7.40. The third-order valence-electron chi connectivity index (χ3n) is 7.53. The molecule has 3 N–H and O–H groups in total. The molecule has 1 amide bonds. The quantitative estimate of drug-likeness (QED) is 0.219. The molecule has 3 aromatic carbocycles. The Hall–Kier alpha value is -4.13. The third kappa shape index (κ3) is 6.79. The van der Waals surface area contributed by atoms with E-state index in [4.69, 9.17) is 16.3 Å². The summed E-state index contributed by atoms with van der Waals surface area (Å²) in [5.74, 6) is 0.456. The summed E-state index contributed by atoms with van der Waals surface area (Å²) in [5.41, 5.74) is 7.53. The number of fused-ring (bicyclic) bond motifs is 4. The van der Waals surface area contributed by atoms with Gasteiger partial charge >= 0.3 is 0 Å². The molecule has 0 radical (unpaired) electrons. The predicted molar refractivity (Wildman–Crippen MR) is 164 cm³/mol. The van der Waals surface area contributed by atoms with Gasteiger partial charge in [0.15, 0.2) is 0 Å². The monoisotopic (exact) mass is 567 g/mol. The molecule has 210 valence electrons. The van der Waals surface area contributed by atoms with Crippen molar-refractivity contribution in [1.82, 2.24) is 15.6 Å². The Morgan fingerprint density at radius 1 is 1.02 bits per heavy atom. The van der Waals surface area contributed by atoms with E-state index in [9.17, 15) is 9.90 Å². The number of benzene rings is 3. The molecular formula is C34H34ClN3O3. The lowest BCUT2D eigenvalue weighted by Gasteiger charge is -2.21. The topological polar surface area (TPSA) is 83.5 Å². The summed E-state index contributed by atoms with van der Waals surface area (Å²) in [6.07, 6.45) is 5.62. The number of aliphatic hydroxyl groups is 1. The van der Waals surface area contributed by atoms with E-state index in [0.717, 1.165) is 51.8 Å². The number of amides is 1. The van der Waals surface area contributed by atoms with E-state index in [0.29, 0.717) is 42.5 Å². The number of carbonyl (C=O) groups is 1. The van der Waals surface area contributed by atoms with Crippen molar-refractivity contribution in [1.29, 1.82) is 0 Å². The number of rotatable bonds is 5. The average Bonchev–Trinajstić information content (AvgIpc) is 2.98. The first-order valence-electron chi connectivity index (χ1n) is 13.8. The Labute approximate surface area is 246 Å². The van der Waals surface area contributed by atoms with Crippen LogP contribution in [-0.4, -0.2) is 28.6 Å². The highest BCUT2D eigenvalue weighted by Gasteiger charge is 2.18. The number of aliphatic hydroxyl groups excluding tert-OH is 1. The summed E-state index contributed by atoms with van der Waals surface area (Å²) in [6, 6.07) is 21.8. The average molecular weight is 568 g/mol. The Morgan fingerprint density at radius 2 is 1.83 bits per heavy atom. The molecule has 0 saturated carbocycles. The van der Waals surface area contributed by atoms with Crippen molar-refractivity contribution in [2.75, 3.05) is 6.54 Å². The van der Waals surface area contributed by atoms with Crippen LogP contribution in [0.5, 0.6) is 5.75 Å². The van der Waals surface area contributed by atoms with E-state index in [2.05, 4.69) is 53.4 Å². The number of aromatic nitrogens is 1. The van der Waals surface area contributed by atoms with Crippen LogP contribution in [0.3, 0.4) is 0 Å². The van der Waals surface area contributed by atoms with Gasteiger partial charge in [0.2, 0.25) is 0 Å². The lowest BCUT2D eigenvalue weighted by Crippen LogP contribution is -2.31. The molecule has 1 aromatic heterocycles. The van der Waals surface area contributed by atoms with Crippen LogP contribution in [0.1, 0.15) is 46.3 Å². The summed E-state index contributed by atoms with van der Waals surface area (Å²) in [7, 11) is 0. The van der Waals surface area contributed by atoms with Gasteiger partial charge in [0.1, 0.15) is 18.1 Å². The normalized spacial score (nSPS) is 15.8. The Morgan fingerprint density at radius 3 is 2.63 bits per heavy atom. The van der Waals surface area contributed by atoms with Crippen LogP contribution in [0.15, 0.2) is 91.5 Å². The van der Waals surface area contributed by atoms with Crippen molar-refractivity contribution in [3.8, 4) is 28.0 Å². The van der Waals surface area contributed by atoms with E-state index >= 15 is 0 Å². The summed E-state index contributed by atoms with van der Waals surface area (Å²) in [5, 5.41) is 17.1. The number of nitrogens with one attached hydrogen (secondary N) is 2. The van der Waals surface area contributed by atoms with Crippen LogP contribution in [0.4, 0.5) is 0 Å².